The molecule has 16 bridgehead atoms. The van der Waals surface area contributed by atoms with Crippen LogP contribution in [-0.2, 0) is 0 Å². The summed E-state index contributed by atoms with van der Waals surface area (Å²) < 4.78 is 0. The summed E-state index contributed by atoms with van der Waals surface area (Å²) in [5, 5.41) is 0. The van der Waals surface area contributed by atoms with E-state index in [-0.39, 0.29) is 24.2 Å². The Morgan fingerprint density at radius 1 is 0.225 bits per heavy atom. The number of anilines is 4. The third-order valence-corrected chi connectivity index (χ3v) is 17.4. The molecule has 0 radical (unpaired) electrons. The summed E-state index contributed by atoms with van der Waals surface area (Å²) >= 11 is 0. The Morgan fingerprint density at radius 3 is 0.512 bits per heavy atom. The van der Waals surface area contributed by atoms with Gasteiger partial charge in [0.05, 0.1) is 24.2 Å². The number of nitrogens with zero attached hydrogens (tertiary/aromatic N) is 8. The molecule has 400 valence electrons. The molecule has 17 heterocycles. The lowest BCUT2D eigenvalue weighted by molar-refractivity contribution is 0.521. The van der Waals surface area contributed by atoms with E-state index in [0.29, 0.717) is 23.7 Å². The minimum absolute atomic E-state index is 0.208. The van der Waals surface area contributed by atoms with Gasteiger partial charge in [0.1, 0.15) is 23.3 Å². The first-order chi connectivity index (χ1) is 38.9. The van der Waals surface area contributed by atoms with Gasteiger partial charge in [-0.05, 0) is 117 Å². The van der Waals surface area contributed by atoms with E-state index < -0.39 is 0 Å². The van der Waals surface area contributed by atoms with Gasteiger partial charge in [0.25, 0.3) is 0 Å². The van der Waals surface area contributed by atoms with Crippen LogP contribution in [-0.4, -0.2) is 73.7 Å². The van der Waals surface area contributed by atoms with Crippen molar-refractivity contribution >= 4 is 46.1 Å². The van der Waals surface area contributed by atoms with Crippen LogP contribution in [0.3, 0.4) is 0 Å². The van der Waals surface area contributed by atoms with Gasteiger partial charge in [-0.2, -0.15) is 0 Å². The van der Waals surface area contributed by atoms with E-state index in [1.54, 1.807) is 0 Å². The van der Waals surface area contributed by atoms with Crippen molar-refractivity contribution in [2.24, 2.45) is 43.6 Å². The summed E-state index contributed by atoms with van der Waals surface area (Å²) in [4.78, 5) is 31.1. The van der Waals surface area contributed by atoms with Crippen molar-refractivity contribution in [3.63, 3.8) is 0 Å². The topological polar surface area (TPSA) is 62.4 Å². The molecule has 0 saturated carbocycles. The molecular weight excluding hydrogens is 977 g/mol. The maximum Gasteiger partial charge on any atom is 0.135 e. The van der Waals surface area contributed by atoms with E-state index in [0.717, 1.165) is 94.5 Å². The second-order valence-corrected chi connectivity index (χ2v) is 24.0. The zero-order chi connectivity index (χ0) is 54.8. The van der Waals surface area contributed by atoms with Crippen LogP contribution in [0.5, 0.6) is 0 Å². The van der Waals surface area contributed by atoms with Crippen LogP contribution < -0.4 is 19.6 Å². The molecule has 17 aliphatic rings. The molecule has 0 unspecified atom stereocenters. The first kappa shape index (κ1) is 51.1. The van der Waals surface area contributed by atoms with Crippen molar-refractivity contribution in [3.8, 4) is 44.5 Å². The number of hydrogen-bond acceptors (Lipinski definition) is 8. The highest BCUT2D eigenvalue weighted by Crippen LogP contribution is 2.36. The van der Waals surface area contributed by atoms with Crippen LogP contribution in [0.15, 0.2) is 214 Å². The van der Waals surface area contributed by atoms with Crippen molar-refractivity contribution in [2.75, 3.05) is 45.8 Å². The van der Waals surface area contributed by atoms with E-state index in [2.05, 4.69) is 269 Å². The predicted molar refractivity (Wildman–Crippen MR) is 338 cm³/mol. The van der Waals surface area contributed by atoms with Crippen LogP contribution >= 0.6 is 0 Å². The summed E-state index contributed by atoms with van der Waals surface area (Å²) in [6, 6.07) is 72.9. The maximum atomic E-state index is 5.36. The first-order valence-corrected chi connectivity index (χ1v) is 29.1. The molecule has 0 aromatic heterocycles. The van der Waals surface area contributed by atoms with Gasteiger partial charge in [-0.25, -0.2) is 0 Å². The van der Waals surface area contributed by atoms with Gasteiger partial charge in [-0.1, -0.05) is 201 Å². The standard InChI is InChI=1S/C72H72N8/c1-45(2)65-41-77-61-33-25-53(26-34-61)54-27-35-62(36-28-54)78-42-66(46(3)4)75-71(78)59-21-13-51(14-22-59)52-15-23-60(24-16-52)72-76-68(48(7)8)44-80(72)64-39-31-56(32-40-64)55-29-37-63(38-30-55)79-43-67(47(5)6)74-70(79)58-19-11-50(12-20-58)49-9-17-57(18-10-49)69(77)73-65/h9-40,45-48,65-68H,41-44H2,1-8H3/t65-,66-,67-,68-/m1/s1. The molecule has 25 rings (SSSR count). The third-order valence-electron chi connectivity index (χ3n) is 17.4. The zero-order valence-electron chi connectivity index (χ0n) is 47.5. The number of rotatable bonds is 4. The van der Waals surface area contributed by atoms with Crippen LogP contribution in [0, 0.1) is 23.7 Å². The Labute approximate surface area is 473 Å². The van der Waals surface area contributed by atoms with Crippen molar-refractivity contribution in [2.45, 2.75) is 79.6 Å². The van der Waals surface area contributed by atoms with Gasteiger partial charge in [0, 0.05) is 71.2 Å². The lowest BCUT2D eigenvalue weighted by Gasteiger charge is -2.23. The molecule has 0 spiro atoms. The molecule has 0 saturated heterocycles. The Hall–Kier alpha value is -8.36. The summed E-state index contributed by atoms with van der Waals surface area (Å²) in [6.07, 6.45) is 0. The van der Waals surface area contributed by atoms with E-state index in [9.17, 15) is 0 Å². The van der Waals surface area contributed by atoms with E-state index >= 15 is 0 Å². The Kier molecular flexibility index (Phi) is 13.4. The second kappa shape index (κ2) is 21.0. The van der Waals surface area contributed by atoms with Gasteiger partial charge in [0.2, 0.25) is 0 Å². The fraction of sp³-hybridized carbons (Fsp3) is 0.278. The molecule has 17 aliphatic heterocycles. The molecule has 0 amide bonds. The van der Waals surface area contributed by atoms with Gasteiger partial charge >= 0.3 is 0 Å². The van der Waals surface area contributed by atoms with Gasteiger partial charge in [-0.3, -0.25) is 20.0 Å². The molecule has 8 aromatic carbocycles. The molecular formula is C72H72N8. The molecule has 0 N–H and O–H groups in total. The molecule has 8 aromatic rings. The number of amidine groups is 4. The Morgan fingerprint density at radius 2 is 0.362 bits per heavy atom. The highest BCUT2D eigenvalue weighted by molar-refractivity contribution is 6.14. The smallest absolute Gasteiger partial charge is 0.135 e. The minimum Gasteiger partial charge on any atom is -0.324 e. The molecule has 0 fully saturated rings. The predicted octanol–water partition coefficient (Wildman–Crippen LogP) is 15.8. The average Bonchev–Trinajstić information content (AvgIpc) is 4.34. The maximum absolute atomic E-state index is 5.36. The van der Waals surface area contributed by atoms with Crippen LogP contribution in [0.1, 0.15) is 77.6 Å². The quantitative estimate of drug-likeness (QED) is 0.176. The molecule has 0 aliphatic carbocycles. The van der Waals surface area contributed by atoms with Crippen molar-refractivity contribution in [1.82, 2.24) is 0 Å². The van der Waals surface area contributed by atoms with Crippen molar-refractivity contribution in [1.29, 1.82) is 0 Å². The summed E-state index contributed by atoms with van der Waals surface area (Å²) in [7, 11) is 0. The second-order valence-electron chi connectivity index (χ2n) is 24.0. The number of benzene rings is 8. The SMILES string of the molecule is CC(C)[C@H]1CN2C(=N1)c1ccc(cc1)-c1ccc(cc1)C1=N[C@@H](C(C)C)CN1c1ccc(cc1)-c1ccc(cc1)N1C[C@H](C(C)C)N=C1c1ccc(cc1)-c1ccc(cc1)C1=N[C@@H](C(C)C)CN1c1ccc(cc1)-c1ccc2cc1. The normalized spacial score (nSPS) is 19.4. The summed E-state index contributed by atoms with van der Waals surface area (Å²) in [5.41, 5.74) is 18.6. The highest BCUT2D eigenvalue weighted by Gasteiger charge is 2.34. The van der Waals surface area contributed by atoms with E-state index in [1.165, 1.54) is 44.5 Å². The van der Waals surface area contributed by atoms with E-state index in [4.69, 9.17) is 20.0 Å². The minimum atomic E-state index is 0.208. The fourth-order valence-electron chi connectivity index (χ4n) is 12.0. The van der Waals surface area contributed by atoms with Crippen molar-refractivity contribution in [3.05, 3.63) is 216 Å². The molecule has 4 atom stereocenters. The molecule has 8 nitrogen and oxygen atoms in total. The molecule has 80 heavy (non-hydrogen) atoms. The zero-order valence-corrected chi connectivity index (χ0v) is 47.5. The first-order valence-electron chi connectivity index (χ1n) is 29.1. The Bertz CT molecular complexity index is 3150. The van der Waals surface area contributed by atoms with Gasteiger partial charge in [0.15, 0.2) is 0 Å². The largest absolute Gasteiger partial charge is 0.324 e. The number of aliphatic imine (C=N–C) groups is 4. The van der Waals surface area contributed by atoms with Crippen molar-refractivity contribution < 1.29 is 0 Å². The van der Waals surface area contributed by atoms with E-state index in [1.807, 2.05) is 0 Å². The monoisotopic (exact) mass is 1050 g/mol. The lowest BCUT2D eigenvalue weighted by Crippen LogP contribution is -2.31. The van der Waals surface area contributed by atoms with Gasteiger partial charge < -0.3 is 19.6 Å². The lowest BCUT2D eigenvalue weighted by atomic mass is 10.0. The third kappa shape index (κ3) is 9.73. The molecule has 8 heteroatoms. The number of hydrogen-bond donors (Lipinski definition) is 0. The fourth-order valence-corrected chi connectivity index (χ4v) is 12.0. The Balaban J connectivity index is 0.847. The van der Waals surface area contributed by atoms with Crippen LogP contribution in [0.25, 0.3) is 44.5 Å². The van der Waals surface area contributed by atoms with Crippen LogP contribution in [0.4, 0.5) is 22.7 Å². The average molecular weight is 1050 g/mol. The highest BCUT2D eigenvalue weighted by atomic mass is 15.3. The summed E-state index contributed by atoms with van der Waals surface area (Å²) in [6.45, 7) is 21.6. The van der Waals surface area contributed by atoms with Gasteiger partial charge in [-0.15, -0.1) is 0 Å². The van der Waals surface area contributed by atoms with Crippen LogP contribution in [0.2, 0.25) is 0 Å². The summed E-state index contributed by atoms with van der Waals surface area (Å²) in [5.74, 6) is 5.80.